The normalized spacial score (nSPS) is 10.4. The van der Waals surface area contributed by atoms with E-state index in [4.69, 9.17) is 4.74 Å². The summed E-state index contributed by atoms with van der Waals surface area (Å²) in [4.78, 5) is 24.5. The second-order valence-electron chi connectivity index (χ2n) is 5.75. The summed E-state index contributed by atoms with van der Waals surface area (Å²) >= 11 is 1.36. The molecule has 0 radical (unpaired) electrons. The third-order valence-electron chi connectivity index (χ3n) is 3.44. The van der Waals surface area contributed by atoms with E-state index in [-0.39, 0.29) is 11.4 Å². The maximum atomic E-state index is 13.7. The Morgan fingerprint density at radius 1 is 1.08 bits per heavy atom. The van der Waals surface area contributed by atoms with Gasteiger partial charge in [-0.25, -0.2) is 4.39 Å². The standard InChI is InChI=1S/C19H20FNO3S/c1-12-5-7-17(14(3)8-12)25-11-19(23)24-10-18(22)21-16-6-4-13(2)9-15(16)20/h4-9H,10-11H2,1-3H3,(H,21,22). The number of rotatable bonds is 6. The van der Waals surface area contributed by atoms with Crippen molar-refractivity contribution in [3.8, 4) is 0 Å². The third kappa shape index (κ3) is 5.90. The molecule has 0 atom stereocenters. The highest BCUT2D eigenvalue weighted by atomic mass is 32.2. The van der Waals surface area contributed by atoms with Gasteiger partial charge in [0, 0.05) is 4.90 Å². The van der Waals surface area contributed by atoms with Crippen molar-refractivity contribution in [2.75, 3.05) is 17.7 Å². The fourth-order valence-electron chi connectivity index (χ4n) is 2.19. The maximum Gasteiger partial charge on any atom is 0.316 e. The summed E-state index contributed by atoms with van der Waals surface area (Å²) in [5.41, 5.74) is 3.07. The molecule has 0 fully saturated rings. The van der Waals surface area contributed by atoms with E-state index in [0.717, 1.165) is 21.6 Å². The van der Waals surface area contributed by atoms with Crippen LogP contribution >= 0.6 is 11.8 Å². The second-order valence-corrected chi connectivity index (χ2v) is 6.77. The zero-order chi connectivity index (χ0) is 18.4. The van der Waals surface area contributed by atoms with Crippen LogP contribution in [-0.2, 0) is 14.3 Å². The number of ether oxygens (including phenoxy) is 1. The molecule has 2 aromatic rings. The van der Waals surface area contributed by atoms with E-state index in [9.17, 15) is 14.0 Å². The Kier molecular flexibility index (Phi) is 6.58. The molecule has 0 aliphatic carbocycles. The van der Waals surface area contributed by atoms with Gasteiger partial charge in [-0.05, 0) is 50.1 Å². The van der Waals surface area contributed by atoms with Crippen LogP contribution in [0.2, 0.25) is 0 Å². The molecule has 1 amide bonds. The summed E-state index contributed by atoms with van der Waals surface area (Å²) in [6.45, 7) is 5.29. The molecule has 0 saturated carbocycles. The van der Waals surface area contributed by atoms with Crippen LogP contribution in [0, 0.1) is 26.6 Å². The van der Waals surface area contributed by atoms with Crippen LogP contribution in [0.4, 0.5) is 10.1 Å². The Hall–Kier alpha value is -2.34. The molecule has 0 aromatic heterocycles. The van der Waals surface area contributed by atoms with Gasteiger partial charge in [-0.15, -0.1) is 11.8 Å². The minimum atomic E-state index is -0.576. The smallest absolute Gasteiger partial charge is 0.316 e. The highest BCUT2D eigenvalue weighted by Crippen LogP contribution is 2.23. The molecule has 0 heterocycles. The van der Waals surface area contributed by atoms with Gasteiger partial charge in [0.15, 0.2) is 6.61 Å². The van der Waals surface area contributed by atoms with Crippen LogP contribution in [-0.4, -0.2) is 24.2 Å². The van der Waals surface area contributed by atoms with Crippen LogP contribution < -0.4 is 5.32 Å². The molecule has 0 unspecified atom stereocenters. The molecule has 132 valence electrons. The van der Waals surface area contributed by atoms with E-state index in [2.05, 4.69) is 5.32 Å². The predicted molar refractivity (Wildman–Crippen MR) is 97.4 cm³/mol. The highest BCUT2D eigenvalue weighted by molar-refractivity contribution is 8.00. The van der Waals surface area contributed by atoms with Gasteiger partial charge >= 0.3 is 5.97 Å². The van der Waals surface area contributed by atoms with Gasteiger partial charge in [-0.1, -0.05) is 23.8 Å². The van der Waals surface area contributed by atoms with Crippen molar-refractivity contribution in [2.45, 2.75) is 25.7 Å². The van der Waals surface area contributed by atoms with Crippen LogP contribution in [0.3, 0.4) is 0 Å². The van der Waals surface area contributed by atoms with Crippen molar-refractivity contribution in [1.29, 1.82) is 0 Å². The first-order valence-electron chi connectivity index (χ1n) is 7.77. The molecule has 25 heavy (non-hydrogen) atoms. The number of esters is 1. The van der Waals surface area contributed by atoms with Gasteiger partial charge in [0.2, 0.25) is 0 Å². The first-order chi connectivity index (χ1) is 11.8. The number of carbonyl (C=O) groups is 2. The summed E-state index contributed by atoms with van der Waals surface area (Å²) in [5.74, 6) is -1.49. The van der Waals surface area contributed by atoms with Crippen LogP contribution in [0.15, 0.2) is 41.3 Å². The number of nitrogens with one attached hydrogen (secondary N) is 1. The number of hydrogen-bond acceptors (Lipinski definition) is 4. The van der Waals surface area contributed by atoms with E-state index in [1.165, 1.54) is 23.9 Å². The second kappa shape index (κ2) is 8.67. The first-order valence-corrected chi connectivity index (χ1v) is 8.75. The van der Waals surface area contributed by atoms with E-state index in [0.29, 0.717) is 0 Å². The molecule has 0 aliphatic rings. The summed E-state index contributed by atoms with van der Waals surface area (Å²) in [6.07, 6.45) is 0. The third-order valence-corrected chi connectivity index (χ3v) is 4.59. The van der Waals surface area contributed by atoms with Crippen molar-refractivity contribution in [2.24, 2.45) is 0 Å². The quantitative estimate of drug-likeness (QED) is 0.624. The zero-order valence-corrected chi connectivity index (χ0v) is 15.2. The lowest BCUT2D eigenvalue weighted by Crippen LogP contribution is -2.22. The molecule has 0 spiro atoms. The molecule has 0 bridgehead atoms. The molecule has 2 rings (SSSR count). The van der Waals surface area contributed by atoms with Gasteiger partial charge in [0.05, 0.1) is 11.4 Å². The lowest BCUT2D eigenvalue weighted by atomic mass is 10.2. The number of amides is 1. The van der Waals surface area contributed by atoms with Crippen LogP contribution in [0.1, 0.15) is 16.7 Å². The highest BCUT2D eigenvalue weighted by Gasteiger charge is 2.11. The molecule has 2 aromatic carbocycles. The Morgan fingerprint density at radius 3 is 2.44 bits per heavy atom. The number of thioether (sulfide) groups is 1. The largest absolute Gasteiger partial charge is 0.455 e. The van der Waals surface area contributed by atoms with Gasteiger partial charge < -0.3 is 10.1 Å². The Bertz CT molecular complexity index is 792. The molecular weight excluding hydrogens is 341 g/mol. The van der Waals surface area contributed by atoms with Crippen molar-refractivity contribution in [1.82, 2.24) is 0 Å². The topological polar surface area (TPSA) is 55.4 Å². The van der Waals surface area contributed by atoms with E-state index in [1.54, 1.807) is 13.0 Å². The van der Waals surface area contributed by atoms with Crippen molar-refractivity contribution in [3.05, 3.63) is 58.9 Å². The number of halogens is 1. The van der Waals surface area contributed by atoms with Crippen molar-refractivity contribution in [3.63, 3.8) is 0 Å². The number of aryl methyl sites for hydroxylation is 3. The Balaban J connectivity index is 1.78. The summed E-state index contributed by atoms with van der Waals surface area (Å²) in [6, 6.07) is 10.4. The van der Waals surface area contributed by atoms with Crippen LogP contribution in [0.25, 0.3) is 0 Å². The SMILES string of the molecule is Cc1ccc(SCC(=O)OCC(=O)Nc2ccc(C)cc2F)c(C)c1. The molecule has 0 aliphatic heterocycles. The van der Waals surface area contributed by atoms with Gasteiger partial charge in [0.25, 0.3) is 5.91 Å². The summed E-state index contributed by atoms with van der Waals surface area (Å²) < 4.78 is 18.6. The van der Waals surface area contributed by atoms with Crippen molar-refractivity contribution < 1.29 is 18.7 Å². The molecule has 6 heteroatoms. The fourth-order valence-corrected chi connectivity index (χ4v) is 3.00. The van der Waals surface area contributed by atoms with E-state index in [1.807, 2.05) is 32.0 Å². The van der Waals surface area contributed by atoms with E-state index >= 15 is 0 Å². The Morgan fingerprint density at radius 2 is 1.76 bits per heavy atom. The minimum absolute atomic E-state index is 0.0660. The lowest BCUT2D eigenvalue weighted by molar-refractivity contribution is -0.144. The summed E-state index contributed by atoms with van der Waals surface area (Å²) in [7, 11) is 0. The van der Waals surface area contributed by atoms with E-state index < -0.39 is 24.3 Å². The number of benzene rings is 2. The minimum Gasteiger partial charge on any atom is -0.455 e. The summed E-state index contributed by atoms with van der Waals surface area (Å²) in [5, 5.41) is 2.38. The van der Waals surface area contributed by atoms with Gasteiger partial charge in [-0.3, -0.25) is 9.59 Å². The first kappa shape index (κ1) is 19.0. The maximum absolute atomic E-state index is 13.7. The lowest BCUT2D eigenvalue weighted by Gasteiger charge is -2.09. The number of hydrogen-bond donors (Lipinski definition) is 1. The predicted octanol–water partition coefficient (Wildman–Crippen LogP) is 4.02. The average molecular weight is 361 g/mol. The molecule has 1 N–H and O–H groups in total. The van der Waals surface area contributed by atoms with Crippen molar-refractivity contribution >= 4 is 29.3 Å². The monoisotopic (exact) mass is 361 g/mol. The Labute approximate surface area is 150 Å². The molecule has 0 saturated heterocycles. The number of carbonyl (C=O) groups excluding carboxylic acids is 2. The molecular formula is C19H20FNO3S. The number of anilines is 1. The molecule has 4 nitrogen and oxygen atoms in total. The fraction of sp³-hybridized carbons (Fsp3) is 0.263. The van der Waals surface area contributed by atoms with Crippen LogP contribution in [0.5, 0.6) is 0 Å². The van der Waals surface area contributed by atoms with Gasteiger partial charge in [0.1, 0.15) is 5.82 Å². The van der Waals surface area contributed by atoms with Gasteiger partial charge in [-0.2, -0.15) is 0 Å². The average Bonchev–Trinajstić information content (AvgIpc) is 2.55. The zero-order valence-electron chi connectivity index (χ0n) is 14.4.